The van der Waals surface area contributed by atoms with E-state index in [1.807, 2.05) is 6.07 Å². The predicted molar refractivity (Wildman–Crippen MR) is 84.2 cm³/mol. The van der Waals surface area contributed by atoms with E-state index in [9.17, 15) is 0 Å². The standard InChI is InChI=1S/C14H23BrN4O/c1-11(2)14-17-12(15)10-13(18-14)16-4-3-5-19-6-8-20-9-7-19/h10-11H,3-9H2,1-2H3,(H,16,17,18). The molecule has 0 saturated carbocycles. The van der Waals surface area contributed by atoms with Gasteiger partial charge in [0.1, 0.15) is 16.2 Å². The zero-order valence-electron chi connectivity index (χ0n) is 12.2. The molecule has 0 atom stereocenters. The molecule has 0 radical (unpaired) electrons. The molecule has 2 heterocycles. The van der Waals surface area contributed by atoms with E-state index in [0.717, 1.165) is 62.1 Å². The summed E-state index contributed by atoms with van der Waals surface area (Å²) in [7, 11) is 0. The molecule has 6 heteroatoms. The van der Waals surface area contributed by atoms with Crippen LogP contribution in [0.15, 0.2) is 10.7 Å². The SMILES string of the molecule is CC(C)c1nc(Br)cc(NCCCN2CCOCC2)n1. The maximum atomic E-state index is 5.34. The lowest BCUT2D eigenvalue weighted by atomic mass is 10.2. The van der Waals surface area contributed by atoms with Gasteiger partial charge < -0.3 is 10.1 Å². The fraction of sp³-hybridized carbons (Fsp3) is 0.714. The Balaban J connectivity index is 1.75. The smallest absolute Gasteiger partial charge is 0.134 e. The minimum atomic E-state index is 0.335. The van der Waals surface area contributed by atoms with Crippen molar-refractivity contribution in [3.8, 4) is 0 Å². The Morgan fingerprint density at radius 1 is 1.35 bits per heavy atom. The lowest BCUT2D eigenvalue weighted by Crippen LogP contribution is -2.37. The fourth-order valence-corrected chi connectivity index (χ4v) is 2.53. The zero-order valence-corrected chi connectivity index (χ0v) is 13.8. The molecule has 1 N–H and O–H groups in total. The van der Waals surface area contributed by atoms with Crippen molar-refractivity contribution >= 4 is 21.7 Å². The van der Waals surface area contributed by atoms with Crippen LogP contribution in [0.4, 0.5) is 5.82 Å². The first-order valence-corrected chi connectivity index (χ1v) is 8.03. The second-order valence-electron chi connectivity index (χ2n) is 5.32. The van der Waals surface area contributed by atoms with Gasteiger partial charge in [0, 0.05) is 31.6 Å². The van der Waals surface area contributed by atoms with Crippen LogP contribution in [-0.4, -0.2) is 54.3 Å². The Kier molecular flexibility index (Phi) is 6.19. The number of nitrogens with zero attached hydrogens (tertiary/aromatic N) is 3. The monoisotopic (exact) mass is 342 g/mol. The third-order valence-electron chi connectivity index (χ3n) is 3.29. The summed E-state index contributed by atoms with van der Waals surface area (Å²) < 4.78 is 6.18. The first kappa shape index (κ1) is 15.7. The van der Waals surface area contributed by atoms with Gasteiger partial charge in [-0.3, -0.25) is 4.90 Å². The highest BCUT2D eigenvalue weighted by molar-refractivity contribution is 9.10. The fourth-order valence-electron chi connectivity index (χ4n) is 2.13. The van der Waals surface area contributed by atoms with E-state index in [1.54, 1.807) is 0 Å². The van der Waals surface area contributed by atoms with E-state index < -0.39 is 0 Å². The molecule has 1 fully saturated rings. The molecule has 0 amide bonds. The maximum absolute atomic E-state index is 5.34. The Bertz CT molecular complexity index is 422. The molecular weight excluding hydrogens is 320 g/mol. The van der Waals surface area contributed by atoms with Crippen molar-refractivity contribution in [1.82, 2.24) is 14.9 Å². The summed E-state index contributed by atoms with van der Waals surface area (Å²) >= 11 is 3.44. The van der Waals surface area contributed by atoms with Gasteiger partial charge in [0.15, 0.2) is 0 Å². The van der Waals surface area contributed by atoms with Gasteiger partial charge in [0.25, 0.3) is 0 Å². The molecule has 1 aromatic heterocycles. The van der Waals surface area contributed by atoms with E-state index in [1.165, 1.54) is 0 Å². The minimum Gasteiger partial charge on any atom is -0.379 e. The van der Waals surface area contributed by atoms with Gasteiger partial charge >= 0.3 is 0 Å². The van der Waals surface area contributed by atoms with Crippen molar-refractivity contribution in [3.05, 3.63) is 16.5 Å². The number of hydrogen-bond donors (Lipinski definition) is 1. The molecule has 0 aromatic carbocycles. The summed E-state index contributed by atoms with van der Waals surface area (Å²) in [6.45, 7) is 10.1. The van der Waals surface area contributed by atoms with E-state index in [-0.39, 0.29) is 0 Å². The van der Waals surface area contributed by atoms with Crippen molar-refractivity contribution in [1.29, 1.82) is 0 Å². The molecule has 1 aliphatic heterocycles. The number of anilines is 1. The van der Waals surface area contributed by atoms with Gasteiger partial charge in [-0.15, -0.1) is 0 Å². The lowest BCUT2D eigenvalue weighted by Gasteiger charge is -2.26. The third kappa shape index (κ3) is 5.00. The molecule has 5 nitrogen and oxygen atoms in total. The Morgan fingerprint density at radius 3 is 2.80 bits per heavy atom. The number of nitrogens with one attached hydrogen (secondary N) is 1. The average Bonchev–Trinajstić information content (AvgIpc) is 2.44. The number of aromatic nitrogens is 2. The van der Waals surface area contributed by atoms with Crippen LogP contribution in [0, 0.1) is 0 Å². The predicted octanol–water partition coefficient (Wildman–Crippen LogP) is 2.50. The van der Waals surface area contributed by atoms with Crippen LogP contribution in [0.3, 0.4) is 0 Å². The van der Waals surface area contributed by atoms with Crippen LogP contribution in [0.25, 0.3) is 0 Å². The van der Waals surface area contributed by atoms with Crippen LogP contribution >= 0.6 is 15.9 Å². The van der Waals surface area contributed by atoms with Crippen molar-refractivity contribution in [2.75, 3.05) is 44.7 Å². The molecule has 1 saturated heterocycles. The van der Waals surface area contributed by atoms with E-state index in [2.05, 4.69) is 50.0 Å². The van der Waals surface area contributed by atoms with Gasteiger partial charge in [-0.1, -0.05) is 13.8 Å². The van der Waals surface area contributed by atoms with Gasteiger partial charge in [0.2, 0.25) is 0 Å². The topological polar surface area (TPSA) is 50.3 Å². The van der Waals surface area contributed by atoms with E-state index >= 15 is 0 Å². The summed E-state index contributed by atoms with van der Waals surface area (Å²) in [4.78, 5) is 11.4. The average molecular weight is 343 g/mol. The summed E-state index contributed by atoms with van der Waals surface area (Å²) in [5, 5.41) is 3.38. The van der Waals surface area contributed by atoms with Gasteiger partial charge in [-0.25, -0.2) is 9.97 Å². The number of rotatable bonds is 6. The molecule has 112 valence electrons. The molecule has 0 spiro atoms. The first-order chi connectivity index (χ1) is 9.65. The third-order valence-corrected chi connectivity index (χ3v) is 3.70. The van der Waals surface area contributed by atoms with Crippen LogP contribution in [0.5, 0.6) is 0 Å². The molecule has 1 aromatic rings. The van der Waals surface area contributed by atoms with Gasteiger partial charge in [0.05, 0.1) is 13.2 Å². The number of ether oxygens (including phenoxy) is 1. The van der Waals surface area contributed by atoms with E-state index in [0.29, 0.717) is 5.92 Å². The quantitative estimate of drug-likeness (QED) is 0.635. The highest BCUT2D eigenvalue weighted by atomic mass is 79.9. The molecule has 0 aliphatic carbocycles. The molecule has 1 aliphatic rings. The molecule has 2 rings (SSSR count). The highest BCUT2D eigenvalue weighted by Crippen LogP contribution is 2.17. The lowest BCUT2D eigenvalue weighted by molar-refractivity contribution is 0.0378. The Hall–Kier alpha value is -0.720. The largest absolute Gasteiger partial charge is 0.379 e. The van der Waals surface area contributed by atoms with Crippen LogP contribution < -0.4 is 5.32 Å². The van der Waals surface area contributed by atoms with Crippen molar-refractivity contribution in [2.24, 2.45) is 0 Å². The number of halogens is 1. The summed E-state index contributed by atoms with van der Waals surface area (Å²) in [6, 6.07) is 1.93. The van der Waals surface area contributed by atoms with Crippen molar-refractivity contribution in [3.63, 3.8) is 0 Å². The summed E-state index contributed by atoms with van der Waals surface area (Å²) in [5.41, 5.74) is 0. The van der Waals surface area contributed by atoms with Gasteiger partial charge in [-0.2, -0.15) is 0 Å². The first-order valence-electron chi connectivity index (χ1n) is 7.23. The number of morpholine rings is 1. The van der Waals surface area contributed by atoms with E-state index in [4.69, 9.17) is 4.74 Å². The molecule has 0 unspecified atom stereocenters. The second-order valence-corrected chi connectivity index (χ2v) is 6.14. The van der Waals surface area contributed by atoms with Crippen molar-refractivity contribution in [2.45, 2.75) is 26.2 Å². The minimum absolute atomic E-state index is 0.335. The van der Waals surface area contributed by atoms with Crippen LogP contribution in [-0.2, 0) is 4.74 Å². The molecular formula is C14H23BrN4O. The van der Waals surface area contributed by atoms with Crippen molar-refractivity contribution < 1.29 is 4.74 Å². The zero-order chi connectivity index (χ0) is 14.4. The number of hydrogen-bond acceptors (Lipinski definition) is 5. The molecule has 20 heavy (non-hydrogen) atoms. The molecule has 0 bridgehead atoms. The normalized spacial score (nSPS) is 16.6. The van der Waals surface area contributed by atoms with Crippen LogP contribution in [0.1, 0.15) is 32.0 Å². The summed E-state index contributed by atoms with van der Waals surface area (Å²) in [5.74, 6) is 2.11. The van der Waals surface area contributed by atoms with Gasteiger partial charge in [-0.05, 0) is 28.9 Å². The Morgan fingerprint density at radius 2 is 2.10 bits per heavy atom. The highest BCUT2D eigenvalue weighted by Gasteiger charge is 2.10. The Labute approximate surface area is 129 Å². The van der Waals surface area contributed by atoms with Crippen LogP contribution in [0.2, 0.25) is 0 Å². The maximum Gasteiger partial charge on any atom is 0.134 e. The summed E-state index contributed by atoms with van der Waals surface area (Å²) in [6.07, 6.45) is 1.11. The second kappa shape index (κ2) is 7.90.